The molecule has 128 valence electrons. The summed E-state index contributed by atoms with van der Waals surface area (Å²) in [5.74, 6) is 1.15. The van der Waals surface area contributed by atoms with Gasteiger partial charge in [0.25, 0.3) is 5.91 Å². The number of carbonyl (C=O) groups excluding carboxylic acids is 1. The molecule has 1 aromatic heterocycles. The lowest BCUT2D eigenvalue weighted by Gasteiger charge is -2.11. The van der Waals surface area contributed by atoms with E-state index in [2.05, 4.69) is 41.6 Å². The Morgan fingerprint density at radius 2 is 1.84 bits per heavy atom. The molecule has 1 N–H and O–H groups in total. The van der Waals surface area contributed by atoms with Crippen molar-refractivity contribution in [3.63, 3.8) is 0 Å². The number of nitrogens with zero attached hydrogens (tertiary/aromatic N) is 2. The number of rotatable bonds is 6. The zero-order chi connectivity index (χ0) is 17.6. The highest BCUT2D eigenvalue weighted by Gasteiger charge is 2.09. The highest BCUT2D eigenvalue weighted by atomic mass is 16.5. The first kappa shape index (κ1) is 16.8. The fourth-order valence-corrected chi connectivity index (χ4v) is 2.47. The number of anilines is 1. The van der Waals surface area contributed by atoms with Gasteiger partial charge in [-0.25, -0.2) is 4.68 Å². The Morgan fingerprint density at radius 3 is 2.60 bits per heavy atom. The molecule has 1 heterocycles. The van der Waals surface area contributed by atoms with Crippen molar-refractivity contribution in [2.24, 2.45) is 0 Å². The fraction of sp³-hybridized carbons (Fsp3) is 0.200. The average Bonchev–Trinajstić information content (AvgIpc) is 3.03. The van der Waals surface area contributed by atoms with Crippen LogP contribution >= 0.6 is 0 Å². The van der Waals surface area contributed by atoms with Gasteiger partial charge in [0, 0.05) is 6.07 Å². The molecule has 1 amide bonds. The Morgan fingerprint density at radius 1 is 1.08 bits per heavy atom. The molecule has 5 nitrogen and oxygen atoms in total. The van der Waals surface area contributed by atoms with E-state index in [4.69, 9.17) is 4.74 Å². The van der Waals surface area contributed by atoms with E-state index in [1.165, 1.54) is 5.56 Å². The molecular formula is C20H21N3O2. The van der Waals surface area contributed by atoms with E-state index in [0.717, 1.165) is 11.1 Å². The van der Waals surface area contributed by atoms with Gasteiger partial charge in [-0.05, 0) is 31.0 Å². The first-order valence-electron chi connectivity index (χ1n) is 8.17. The number of aromatic nitrogens is 2. The molecular weight excluding hydrogens is 314 g/mol. The fourth-order valence-electron chi connectivity index (χ4n) is 2.47. The number of ether oxygens (including phenoxy) is 1. The molecule has 0 spiro atoms. The van der Waals surface area contributed by atoms with E-state index in [-0.39, 0.29) is 12.5 Å². The summed E-state index contributed by atoms with van der Waals surface area (Å²) >= 11 is 0. The van der Waals surface area contributed by atoms with E-state index in [0.29, 0.717) is 18.1 Å². The van der Waals surface area contributed by atoms with Crippen molar-refractivity contribution >= 4 is 11.7 Å². The lowest BCUT2D eigenvalue weighted by molar-refractivity contribution is -0.118. The van der Waals surface area contributed by atoms with Crippen LogP contribution in [0.2, 0.25) is 0 Å². The van der Waals surface area contributed by atoms with Gasteiger partial charge in [0.2, 0.25) is 0 Å². The Hall–Kier alpha value is -3.08. The van der Waals surface area contributed by atoms with E-state index >= 15 is 0 Å². The third kappa shape index (κ3) is 4.47. The molecule has 0 unspecified atom stereocenters. The predicted molar refractivity (Wildman–Crippen MR) is 97.8 cm³/mol. The summed E-state index contributed by atoms with van der Waals surface area (Å²) in [6.07, 6.45) is 1.67. The summed E-state index contributed by atoms with van der Waals surface area (Å²) in [7, 11) is 0. The van der Waals surface area contributed by atoms with Crippen LogP contribution in [0.4, 0.5) is 5.82 Å². The van der Waals surface area contributed by atoms with E-state index in [9.17, 15) is 4.79 Å². The number of aryl methyl sites for hydroxylation is 2. The summed E-state index contributed by atoms with van der Waals surface area (Å²) in [6.45, 7) is 4.56. The van der Waals surface area contributed by atoms with Gasteiger partial charge in [-0.1, -0.05) is 48.0 Å². The van der Waals surface area contributed by atoms with Crippen LogP contribution in [0.15, 0.2) is 60.8 Å². The molecule has 0 fully saturated rings. The quantitative estimate of drug-likeness (QED) is 0.749. The maximum atomic E-state index is 12.2. The second-order valence-electron chi connectivity index (χ2n) is 5.96. The molecule has 0 radical (unpaired) electrons. The van der Waals surface area contributed by atoms with Crippen LogP contribution in [0.3, 0.4) is 0 Å². The van der Waals surface area contributed by atoms with Crippen LogP contribution in [0, 0.1) is 13.8 Å². The van der Waals surface area contributed by atoms with Crippen LogP contribution < -0.4 is 10.1 Å². The van der Waals surface area contributed by atoms with E-state index in [1.54, 1.807) is 16.9 Å². The van der Waals surface area contributed by atoms with Gasteiger partial charge in [0.05, 0.1) is 12.7 Å². The zero-order valence-electron chi connectivity index (χ0n) is 14.4. The minimum absolute atomic E-state index is 0.0411. The monoisotopic (exact) mass is 335 g/mol. The predicted octanol–water partition coefficient (Wildman–Crippen LogP) is 3.57. The van der Waals surface area contributed by atoms with Crippen LogP contribution in [0.1, 0.15) is 16.7 Å². The minimum Gasteiger partial charge on any atom is -0.483 e. The lowest BCUT2D eigenvalue weighted by atomic mass is 10.1. The molecule has 0 aliphatic heterocycles. The Labute approximate surface area is 147 Å². The van der Waals surface area contributed by atoms with Crippen molar-refractivity contribution in [1.29, 1.82) is 0 Å². The van der Waals surface area contributed by atoms with Crippen molar-refractivity contribution in [1.82, 2.24) is 9.78 Å². The van der Waals surface area contributed by atoms with Gasteiger partial charge < -0.3 is 10.1 Å². The lowest BCUT2D eigenvalue weighted by Crippen LogP contribution is -2.22. The number of hydrogen-bond donors (Lipinski definition) is 1. The smallest absolute Gasteiger partial charge is 0.263 e. The van der Waals surface area contributed by atoms with Crippen LogP contribution in [-0.4, -0.2) is 22.3 Å². The second-order valence-corrected chi connectivity index (χ2v) is 5.96. The first-order valence-corrected chi connectivity index (χ1v) is 8.17. The van der Waals surface area contributed by atoms with Crippen molar-refractivity contribution in [2.75, 3.05) is 11.9 Å². The normalized spacial score (nSPS) is 10.5. The van der Waals surface area contributed by atoms with Crippen molar-refractivity contribution < 1.29 is 9.53 Å². The Kier molecular flexibility index (Phi) is 5.14. The molecule has 3 rings (SSSR count). The van der Waals surface area contributed by atoms with E-state index in [1.807, 2.05) is 31.2 Å². The number of hydrogen-bond acceptors (Lipinski definition) is 3. The van der Waals surface area contributed by atoms with Gasteiger partial charge >= 0.3 is 0 Å². The Bertz CT molecular complexity index is 853. The first-order chi connectivity index (χ1) is 12.1. The number of benzene rings is 2. The summed E-state index contributed by atoms with van der Waals surface area (Å²) in [5.41, 5.74) is 3.34. The molecule has 3 aromatic rings. The third-order valence-corrected chi connectivity index (χ3v) is 3.89. The van der Waals surface area contributed by atoms with Gasteiger partial charge in [0.1, 0.15) is 11.6 Å². The van der Waals surface area contributed by atoms with Crippen LogP contribution in [0.5, 0.6) is 5.75 Å². The largest absolute Gasteiger partial charge is 0.483 e. The zero-order valence-corrected chi connectivity index (χ0v) is 14.4. The van der Waals surface area contributed by atoms with Gasteiger partial charge in [0.15, 0.2) is 6.61 Å². The highest BCUT2D eigenvalue weighted by Crippen LogP contribution is 2.16. The summed E-state index contributed by atoms with van der Waals surface area (Å²) in [4.78, 5) is 12.2. The molecule has 0 atom stereocenters. The molecule has 0 aliphatic rings. The molecule has 0 saturated carbocycles. The highest BCUT2D eigenvalue weighted by molar-refractivity contribution is 5.91. The second kappa shape index (κ2) is 7.66. The Balaban J connectivity index is 1.59. The molecule has 0 aliphatic carbocycles. The van der Waals surface area contributed by atoms with Gasteiger partial charge in [-0.2, -0.15) is 5.10 Å². The number of para-hydroxylation sites is 1. The van der Waals surface area contributed by atoms with Crippen molar-refractivity contribution in [3.05, 3.63) is 77.5 Å². The summed E-state index contributed by atoms with van der Waals surface area (Å²) in [6, 6.07) is 17.6. The molecule has 5 heteroatoms. The van der Waals surface area contributed by atoms with Crippen LogP contribution in [-0.2, 0) is 11.3 Å². The average molecular weight is 335 g/mol. The molecule has 0 bridgehead atoms. The topological polar surface area (TPSA) is 56.2 Å². The standard InChI is InChI=1S/C20H21N3O2/c1-15-7-9-17(10-8-15)13-23-19(11-12-21-23)22-20(24)14-25-18-6-4-3-5-16(18)2/h3-12H,13-14H2,1-2H3,(H,22,24). The van der Waals surface area contributed by atoms with E-state index < -0.39 is 0 Å². The number of nitrogens with one attached hydrogen (secondary N) is 1. The van der Waals surface area contributed by atoms with Crippen LogP contribution in [0.25, 0.3) is 0 Å². The maximum absolute atomic E-state index is 12.2. The van der Waals surface area contributed by atoms with Gasteiger partial charge in [-0.3, -0.25) is 4.79 Å². The molecule has 0 saturated heterocycles. The summed E-state index contributed by atoms with van der Waals surface area (Å²) in [5, 5.41) is 7.13. The maximum Gasteiger partial charge on any atom is 0.263 e. The summed E-state index contributed by atoms with van der Waals surface area (Å²) < 4.78 is 7.34. The van der Waals surface area contributed by atoms with Crippen molar-refractivity contribution in [3.8, 4) is 5.75 Å². The molecule has 25 heavy (non-hydrogen) atoms. The third-order valence-electron chi connectivity index (χ3n) is 3.89. The minimum atomic E-state index is -0.214. The van der Waals surface area contributed by atoms with Gasteiger partial charge in [-0.15, -0.1) is 0 Å². The van der Waals surface area contributed by atoms with Crippen molar-refractivity contribution in [2.45, 2.75) is 20.4 Å². The number of amides is 1. The molecule has 2 aromatic carbocycles. The SMILES string of the molecule is Cc1ccc(Cn2nccc2NC(=O)COc2ccccc2C)cc1. The number of carbonyl (C=O) groups is 1.